The Morgan fingerprint density at radius 1 is 1.31 bits per heavy atom. The van der Waals surface area contributed by atoms with Crippen LogP contribution in [0.15, 0.2) is 12.1 Å². The third-order valence-corrected chi connectivity index (χ3v) is 1.31. The first-order valence-corrected chi connectivity index (χ1v) is 3.19. The molecular formula is C8H2N3O2. The summed E-state index contributed by atoms with van der Waals surface area (Å²) in [4.78, 5) is 9.65. The molecule has 0 atom stereocenters. The van der Waals surface area contributed by atoms with E-state index in [0.717, 1.165) is 12.1 Å². The molecule has 0 spiro atoms. The molecule has 0 aromatic heterocycles. The van der Waals surface area contributed by atoms with Crippen LogP contribution in [-0.2, 0) is 0 Å². The molecule has 5 heteroatoms. The van der Waals surface area contributed by atoms with Crippen molar-refractivity contribution in [2.24, 2.45) is 0 Å². The zero-order valence-electron chi connectivity index (χ0n) is 6.31. The normalized spacial score (nSPS) is 8.46. The van der Waals surface area contributed by atoms with E-state index in [4.69, 9.17) is 10.5 Å². The Kier molecular flexibility index (Phi) is 2.23. The quantitative estimate of drug-likeness (QED) is 0.469. The molecular weight excluding hydrogens is 170 g/mol. The maximum absolute atomic E-state index is 10.3. The van der Waals surface area contributed by atoms with Gasteiger partial charge in [-0.2, -0.15) is 10.5 Å². The predicted octanol–water partition coefficient (Wildman–Crippen LogP) is 1.14. The van der Waals surface area contributed by atoms with Gasteiger partial charge in [-0.25, -0.2) is 0 Å². The van der Waals surface area contributed by atoms with Crippen molar-refractivity contribution in [3.8, 4) is 12.1 Å². The number of nitrogens with zero attached hydrogens (tertiary/aromatic N) is 3. The SMILES string of the molecule is N#Cc1[c]c(C#N)cc([N+](=O)[O-])c1. The highest BCUT2D eigenvalue weighted by Crippen LogP contribution is 2.15. The molecule has 1 radical (unpaired) electrons. The van der Waals surface area contributed by atoms with Gasteiger partial charge in [0.2, 0.25) is 0 Å². The van der Waals surface area contributed by atoms with Gasteiger partial charge in [0.15, 0.2) is 0 Å². The Bertz CT molecular complexity index is 407. The number of nitriles is 2. The van der Waals surface area contributed by atoms with Crippen LogP contribution >= 0.6 is 0 Å². The zero-order chi connectivity index (χ0) is 9.84. The van der Waals surface area contributed by atoms with Crippen LogP contribution in [-0.4, -0.2) is 4.92 Å². The molecule has 1 rings (SSSR count). The molecule has 0 fully saturated rings. The Morgan fingerprint density at radius 3 is 2.08 bits per heavy atom. The fourth-order valence-corrected chi connectivity index (χ4v) is 0.781. The van der Waals surface area contributed by atoms with Crippen molar-refractivity contribution in [3.63, 3.8) is 0 Å². The second-order valence-corrected chi connectivity index (χ2v) is 2.15. The second-order valence-electron chi connectivity index (χ2n) is 2.15. The summed E-state index contributed by atoms with van der Waals surface area (Å²) in [6, 6.07) is 7.92. The zero-order valence-corrected chi connectivity index (χ0v) is 6.31. The van der Waals surface area contributed by atoms with E-state index >= 15 is 0 Å². The van der Waals surface area contributed by atoms with Crippen LogP contribution in [0.5, 0.6) is 0 Å². The maximum atomic E-state index is 10.3. The topological polar surface area (TPSA) is 90.7 Å². The lowest BCUT2D eigenvalue weighted by atomic mass is 10.1. The molecule has 1 aromatic carbocycles. The van der Waals surface area contributed by atoms with Crippen LogP contribution in [0, 0.1) is 38.8 Å². The van der Waals surface area contributed by atoms with Crippen LogP contribution in [0.2, 0.25) is 0 Å². The van der Waals surface area contributed by atoms with E-state index < -0.39 is 4.92 Å². The van der Waals surface area contributed by atoms with Gasteiger partial charge in [0.25, 0.3) is 5.69 Å². The summed E-state index contributed by atoms with van der Waals surface area (Å²) in [5.74, 6) is 0. The lowest BCUT2D eigenvalue weighted by Crippen LogP contribution is -1.90. The first-order valence-electron chi connectivity index (χ1n) is 3.19. The third kappa shape index (κ3) is 1.79. The molecule has 0 bridgehead atoms. The number of non-ortho nitro benzene ring substituents is 1. The van der Waals surface area contributed by atoms with E-state index in [9.17, 15) is 10.1 Å². The molecule has 0 aliphatic heterocycles. The van der Waals surface area contributed by atoms with Crippen molar-refractivity contribution in [2.45, 2.75) is 0 Å². The number of nitro benzene ring substituents is 1. The Morgan fingerprint density at radius 2 is 1.77 bits per heavy atom. The van der Waals surface area contributed by atoms with Gasteiger partial charge < -0.3 is 0 Å². The fraction of sp³-hybridized carbons (Fsp3) is 0. The highest BCUT2D eigenvalue weighted by atomic mass is 16.6. The van der Waals surface area contributed by atoms with Crippen LogP contribution in [0.1, 0.15) is 11.1 Å². The molecule has 0 saturated carbocycles. The standard InChI is InChI=1S/C8H2N3O2/c9-4-6-1-7(5-10)3-8(2-6)11(12)13/h2-3H. The van der Waals surface area contributed by atoms with Crippen molar-refractivity contribution < 1.29 is 4.92 Å². The van der Waals surface area contributed by atoms with Crippen molar-refractivity contribution in [2.75, 3.05) is 0 Å². The van der Waals surface area contributed by atoms with Crippen LogP contribution < -0.4 is 0 Å². The van der Waals surface area contributed by atoms with E-state index in [-0.39, 0.29) is 16.8 Å². The summed E-state index contributed by atoms with van der Waals surface area (Å²) in [5, 5.41) is 27.2. The minimum absolute atomic E-state index is 0.00856. The van der Waals surface area contributed by atoms with E-state index in [1.54, 1.807) is 12.1 Å². The minimum atomic E-state index is -0.657. The largest absolute Gasteiger partial charge is 0.272 e. The van der Waals surface area contributed by atoms with Gasteiger partial charge >= 0.3 is 0 Å². The molecule has 0 aliphatic rings. The van der Waals surface area contributed by atoms with Crippen molar-refractivity contribution in [1.29, 1.82) is 10.5 Å². The highest BCUT2D eigenvalue weighted by molar-refractivity contribution is 5.47. The Hall–Kier alpha value is -2.40. The summed E-state index contributed by atoms with van der Waals surface area (Å²) in [7, 11) is 0. The minimum Gasteiger partial charge on any atom is -0.258 e. The third-order valence-electron chi connectivity index (χ3n) is 1.31. The first kappa shape index (κ1) is 8.69. The van der Waals surface area contributed by atoms with Gasteiger partial charge in [-0.3, -0.25) is 10.1 Å². The average Bonchev–Trinajstić information content (AvgIpc) is 2.16. The summed E-state index contributed by atoms with van der Waals surface area (Å²) in [5.41, 5.74) is -0.289. The van der Waals surface area contributed by atoms with Crippen LogP contribution in [0.4, 0.5) is 5.69 Å². The number of benzene rings is 1. The number of hydrogen-bond donors (Lipinski definition) is 0. The monoisotopic (exact) mass is 172 g/mol. The second kappa shape index (κ2) is 3.33. The van der Waals surface area contributed by atoms with Crippen LogP contribution in [0.3, 0.4) is 0 Å². The molecule has 0 N–H and O–H groups in total. The fourth-order valence-electron chi connectivity index (χ4n) is 0.781. The van der Waals surface area contributed by atoms with Crippen LogP contribution in [0.25, 0.3) is 0 Å². The van der Waals surface area contributed by atoms with E-state index in [0.29, 0.717) is 0 Å². The lowest BCUT2D eigenvalue weighted by molar-refractivity contribution is -0.384. The lowest BCUT2D eigenvalue weighted by Gasteiger charge is -1.92. The molecule has 1 aromatic rings. The number of rotatable bonds is 1. The molecule has 13 heavy (non-hydrogen) atoms. The predicted molar refractivity (Wildman–Crippen MR) is 41.4 cm³/mol. The smallest absolute Gasteiger partial charge is 0.258 e. The van der Waals surface area contributed by atoms with Gasteiger partial charge in [-0.15, -0.1) is 0 Å². The van der Waals surface area contributed by atoms with Gasteiger partial charge in [0.1, 0.15) is 12.1 Å². The molecule has 5 nitrogen and oxygen atoms in total. The molecule has 0 saturated heterocycles. The van der Waals surface area contributed by atoms with Crippen molar-refractivity contribution in [1.82, 2.24) is 0 Å². The number of hydrogen-bond acceptors (Lipinski definition) is 4. The van der Waals surface area contributed by atoms with E-state index in [1.807, 2.05) is 0 Å². The molecule has 0 amide bonds. The summed E-state index contributed by atoms with van der Waals surface area (Å²) in [6.07, 6.45) is 0. The molecule has 61 valence electrons. The molecule has 0 heterocycles. The van der Waals surface area contributed by atoms with E-state index in [1.165, 1.54) is 0 Å². The average molecular weight is 172 g/mol. The summed E-state index contributed by atoms with van der Waals surface area (Å²) in [6.45, 7) is 0. The first-order chi connectivity index (χ1) is 6.17. The van der Waals surface area contributed by atoms with Crippen molar-refractivity contribution >= 4 is 5.69 Å². The molecule has 0 unspecified atom stereocenters. The van der Waals surface area contributed by atoms with Crippen molar-refractivity contribution in [3.05, 3.63) is 39.4 Å². The summed E-state index contributed by atoms with van der Waals surface area (Å²) >= 11 is 0. The summed E-state index contributed by atoms with van der Waals surface area (Å²) < 4.78 is 0. The van der Waals surface area contributed by atoms with Gasteiger partial charge in [-0.05, 0) is 0 Å². The Balaban J connectivity index is 3.35. The number of nitro groups is 1. The van der Waals surface area contributed by atoms with Gasteiger partial charge in [0, 0.05) is 18.2 Å². The van der Waals surface area contributed by atoms with Gasteiger partial charge in [-0.1, -0.05) is 0 Å². The van der Waals surface area contributed by atoms with E-state index in [2.05, 4.69) is 6.07 Å². The highest BCUT2D eigenvalue weighted by Gasteiger charge is 2.09. The van der Waals surface area contributed by atoms with Gasteiger partial charge in [0.05, 0.1) is 16.1 Å². The maximum Gasteiger partial charge on any atom is 0.272 e. The Labute approximate surface area is 73.6 Å². The molecule has 0 aliphatic carbocycles.